The largest absolute Gasteiger partial charge is 0.345 e. The van der Waals surface area contributed by atoms with Crippen molar-refractivity contribution >= 4 is 5.91 Å². The Morgan fingerprint density at radius 3 is 2.91 bits per heavy atom. The molecule has 118 valence electrons. The number of hydrogen-bond acceptors (Lipinski definition) is 7. The van der Waals surface area contributed by atoms with E-state index in [9.17, 15) is 4.79 Å². The van der Waals surface area contributed by atoms with Crippen molar-refractivity contribution in [3.8, 4) is 11.4 Å². The number of nitrogens with zero attached hydrogens (tertiary/aromatic N) is 6. The van der Waals surface area contributed by atoms with Crippen molar-refractivity contribution in [3.05, 3.63) is 43.1 Å². The summed E-state index contributed by atoms with van der Waals surface area (Å²) in [6.45, 7) is 2.25. The Hall–Kier alpha value is -3.10. The number of carbonyl (C=O) groups excluding carboxylic acids is 1. The first-order chi connectivity index (χ1) is 11.2. The summed E-state index contributed by atoms with van der Waals surface area (Å²) in [5.41, 5.74) is 0.805. The van der Waals surface area contributed by atoms with Crippen LogP contribution in [0.1, 0.15) is 25.3 Å². The SMILES string of the molecule is C[C@H](NC(=O)CCn1cncn1)c1nc(-c2ccncc2)no1. The Morgan fingerprint density at radius 2 is 2.17 bits per heavy atom. The Labute approximate surface area is 131 Å². The van der Waals surface area contributed by atoms with Crippen LogP contribution in [0.15, 0.2) is 41.7 Å². The summed E-state index contributed by atoms with van der Waals surface area (Å²) in [7, 11) is 0. The standard InChI is InChI=1S/C14H15N7O2/c1-10(18-12(22)4-7-21-9-16-8-17-21)14-19-13(20-23-14)11-2-5-15-6-3-11/h2-3,5-6,8-10H,4,7H2,1H3,(H,18,22)/t10-/m0/s1. The van der Waals surface area contributed by atoms with Crippen LogP contribution in [0.2, 0.25) is 0 Å². The second-order valence-electron chi connectivity index (χ2n) is 4.89. The van der Waals surface area contributed by atoms with Crippen LogP contribution in [-0.2, 0) is 11.3 Å². The molecule has 1 atom stereocenters. The van der Waals surface area contributed by atoms with Gasteiger partial charge in [-0.15, -0.1) is 0 Å². The second-order valence-corrected chi connectivity index (χ2v) is 4.89. The van der Waals surface area contributed by atoms with Crippen LogP contribution in [-0.4, -0.2) is 35.8 Å². The molecule has 3 aromatic rings. The normalized spacial score (nSPS) is 12.0. The van der Waals surface area contributed by atoms with Gasteiger partial charge >= 0.3 is 0 Å². The van der Waals surface area contributed by atoms with E-state index >= 15 is 0 Å². The summed E-state index contributed by atoms with van der Waals surface area (Å²) in [5.74, 6) is 0.689. The van der Waals surface area contributed by atoms with E-state index in [0.717, 1.165) is 5.56 Å². The fraction of sp³-hybridized carbons (Fsp3) is 0.286. The number of hydrogen-bond donors (Lipinski definition) is 1. The van der Waals surface area contributed by atoms with Crippen LogP contribution in [0, 0.1) is 0 Å². The molecule has 1 amide bonds. The quantitative estimate of drug-likeness (QED) is 0.722. The van der Waals surface area contributed by atoms with Gasteiger partial charge in [-0.3, -0.25) is 14.5 Å². The lowest BCUT2D eigenvalue weighted by molar-refractivity contribution is -0.122. The van der Waals surface area contributed by atoms with Crippen molar-refractivity contribution in [2.75, 3.05) is 0 Å². The van der Waals surface area contributed by atoms with Gasteiger partial charge in [0.2, 0.25) is 17.6 Å². The Bertz CT molecular complexity index is 755. The zero-order valence-corrected chi connectivity index (χ0v) is 12.5. The number of aryl methyl sites for hydroxylation is 1. The molecule has 0 bridgehead atoms. The van der Waals surface area contributed by atoms with Gasteiger partial charge in [-0.25, -0.2) is 4.98 Å². The first kappa shape index (κ1) is 14.8. The van der Waals surface area contributed by atoms with E-state index in [4.69, 9.17) is 4.52 Å². The van der Waals surface area contributed by atoms with Crippen LogP contribution < -0.4 is 5.32 Å². The predicted molar refractivity (Wildman–Crippen MR) is 78.7 cm³/mol. The van der Waals surface area contributed by atoms with Crippen LogP contribution >= 0.6 is 0 Å². The fourth-order valence-electron chi connectivity index (χ4n) is 1.97. The number of pyridine rings is 1. The molecule has 0 aliphatic rings. The number of aromatic nitrogens is 6. The summed E-state index contributed by atoms with van der Waals surface area (Å²) in [6, 6.07) is 3.20. The van der Waals surface area contributed by atoms with Gasteiger partial charge in [-0.2, -0.15) is 10.1 Å². The lowest BCUT2D eigenvalue weighted by atomic mass is 10.2. The monoisotopic (exact) mass is 313 g/mol. The zero-order chi connectivity index (χ0) is 16.1. The third-order valence-corrected chi connectivity index (χ3v) is 3.16. The average molecular weight is 313 g/mol. The van der Waals surface area contributed by atoms with Crippen LogP contribution in [0.3, 0.4) is 0 Å². The third kappa shape index (κ3) is 3.76. The Morgan fingerprint density at radius 1 is 1.35 bits per heavy atom. The highest BCUT2D eigenvalue weighted by molar-refractivity contribution is 5.76. The van der Waals surface area contributed by atoms with Gasteiger partial charge in [0.25, 0.3) is 0 Å². The third-order valence-electron chi connectivity index (χ3n) is 3.16. The summed E-state index contributed by atoms with van der Waals surface area (Å²) in [4.78, 5) is 24.0. The topological polar surface area (TPSA) is 112 Å². The van der Waals surface area contributed by atoms with Crippen molar-refractivity contribution in [1.29, 1.82) is 0 Å². The molecular weight excluding hydrogens is 298 g/mol. The molecule has 0 aliphatic carbocycles. The van der Waals surface area contributed by atoms with E-state index in [-0.39, 0.29) is 11.9 Å². The maximum absolute atomic E-state index is 11.9. The van der Waals surface area contributed by atoms with Crippen molar-refractivity contribution in [1.82, 2.24) is 35.2 Å². The molecule has 0 saturated carbocycles. The molecule has 0 unspecified atom stereocenters. The van der Waals surface area contributed by atoms with Gasteiger partial charge in [0.1, 0.15) is 18.7 Å². The van der Waals surface area contributed by atoms with Crippen LogP contribution in [0.4, 0.5) is 0 Å². The van der Waals surface area contributed by atoms with Gasteiger partial charge in [0, 0.05) is 24.4 Å². The highest BCUT2D eigenvalue weighted by Crippen LogP contribution is 2.17. The highest BCUT2D eigenvalue weighted by Gasteiger charge is 2.17. The Kier molecular flexibility index (Phi) is 4.37. The van der Waals surface area contributed by atoms with Crippen molar-refractivity contribution in [2.24, 2.45) is 0 Å². The smallest absolute Gasteiger partial charge is 0.249 e. The predicted octanol–water partition coefficient (Wildman–Crippen LogP) is 0.991. The van der Waals surface area contributed by atoms with Crippen molar-refractivity contribution in [2.45, 2.75) is 25.9 Å². The first-order valence-electron chi connectivity index (χ1n) is 7.08. The minimum absolute atomic E-state index is 0.128. The van der Waals surface area contributed by atoms with Crippen molar-refractivity contribution < 1.29 is 9.32 Å². The van der Waals surface area contributed by atoms with E-state index in [1.54, 1.807) is 42.5 Å². The molecule has 0 aromatic carbocycles. The molecule has 9 heteroatoms. The van der Waals surface area contributed by atoms with E-state index in [1.807, 2.05) is 0 Å². The molecule has 0 spiro atoms. The van der Waals surface area contributed by atoms with Gasteiger partial charge in [-0.1, -0.05) is 5.16 Å². The molecule has 3 aromatic heterocycles. The maximum atomic E-state index is 11.9. The summed E-state index contributed by atoms with van der Waals surface area (Å²) < 4.78 is 6.80. The zero-order valence-electron chi connectivity index (χ0n) is 12.5. The van der Waals surface area contributed by atoms with E-state index in [0.29, 0.717) is 24.7 Å². The summed E-state index contributed by atoms with van der Waals surface area (Å²) in [5, 5.41) is 10.7. The lowest BCUT2D eigenvalue weighted by Crippen LogP contribution is -2.27. The first-order valence-corrected chi connectivity index (χ1v) is 7.08. The number of carbonyl (C=O) groups is 1. The molecule has 0 radical (unpaired) electrons. The van der Waals surface area contributed by atoms with Gasteiger partial charge in [0.05, 0.1) is 6.54 Å². The number of rotatable bonds is 6. The van der Waals surface area contributed by atoms with Gasteiger partial charge in [0.15, 0.2) is 0 Å². The second kappa shape index (κ2) is 6.77. The number of nitrogens with one attached hydrogen (secondary N) is 1. The molecule has 9 nitrogen and oxygen atoms in total. The molecule has 3 rings (SSSR count). The van der Waals surface area contributed by atoms with Crippen LogP contribution in [0.5, 0.6) is 0 Å². The molecule has 1 N–H and O–H groups in total. The molecule has 0 aliphatic heterocycles. The van der Waals surface area contributed by atoms with E-state index in [2.05, 4.69) is 30.5 Å². The summed E-state index contributed by atoms with van der Waals surface area (Å²) in [6.07, 6.45) is 6.59. The van der Waals surface area contributed by atoms with Crippen LogP contribution in [0.25, 0.3) is 11.4 Å². The molecule has 0 saturated heterocycles. The highest BCUT2D eigenvalue weighted by atomic mass is 16.5. The molecule has 23 heavy (non-hydrogen) atoms. The Balaban J connectivity index is 1.57. The molecule has 3 heterocycles. The summed E-state index contributed by atoms with van der Waals surface area (Å²) >= 11 is 0. The van der Waals surface area contributed by atoms with Gasteiger partial charge < -0.3 is 9.84 Å². The average Bonchev–Trinajstić information content (AvgIpc) is 3.25. The lowest BCUT2D eigenvalue weighted by Gasteiger charge is -2.09. The molecule has 0 fully saturated rings. The van der Waals surface area contributed by atoms with E-state index < -0.39 is 0 Å². The maximum Gasteiger partial charge on any atom is 0.249 e. The fourth-order valence-corrected chi connectivity index (χ4v) is 1.97. The van der Waals surface area contributed by atoms with Crippen molar-refractivity contribution in [3.63, 3.8) is 0 Å². The van der Waals surface area contributed by atoms with E-state index in [1.165, 1.54) is 6.33 Å². The minimum Gasteiger partial charge on any atom is -0.345 e. The molecular formula is C14H15N7O2. The minimum atomic E-state index is -0.374. The van der Waals surface area contributed by atoms with Gasteiger partial charge in [-0.05, 0) is 19.1 Å². The number of amides is 1.